The third-order valence-corrected chi connectivity index (χ3v) is 7.03. The van der Waals surface area contributed by atoms with Gasteiger partial charge < -0.3 is 14.4 Å². The minimum Gasteiger partial charge on any atom is -0.342 e. The van der Waals surface area contributed by atoms with Gasteiger partial charge in [-0.15, -0.1) is 0 Å². The number of likely N-dealkylation sites (tertiary alicyclic amines) is 2. The first-order valence-corrected chi connectivity index (χ1v) is 11.6. The van der Waals surface area contributed by atoms with Gasteiger partial charge in [0.05, 0.1) is 5.92 Å². The molecule has 6 nitrogen and oxygen atoms in total. The van der Waals surface area contributed by atoms with E-state index < -0.39 is 0 Å². The standard InChI is InChI=1S/C26H30N4O2/c1-28-16-13-27-24(28)20-9-5-14-29(17-20)25(31)21-10-6-15-30(18-21)26(32)23-12-4-8-19-7-2-3-11-22(19)23/h2-4,7-8,11-13,16,20-21H,5-6,9-10,14-15,17-18H2,1H3/t20-,21-/m0/s1. The molecule has 2 atom stereocenters. The van der Waals surface area contributed by atoms with E-state index in [0.717, 1.165) is 60.9 Å². The lowest BCUT2D eigenvalue weighted by Gasteiger charge is -2.38. The number of imidazole rings is 1. The minimum absolute atomic E-state index is 0.0313. The second-order valence-corrected chi connectivity index (χ2v) is 9.14. The van der Waals surface area contributed by atoms with Crippen LogP contribution in [-0.4, -0.2) is 57.3 Å². The van der Waals surface area contributed by atoms with Crippen molar-refractivity contribution in [3.63, 3.8) is 0 Å². The Kier molecular flexibility index (Phi) is 5.68. The molecule has 166 valence electrons. The number of piperidine rings is 2. The van der Waals surface area contributed by atoms with Crippen molar-refractivity contribution in [2.75, 3.05) is 26.2 Å². The highest BCUT2D eigenvalue weighted by Crippen LogP contribution is 2.29. The van der Waals surface area contributed by atoms with Gasteiger partial charge >= 0.3 is 0 Å². The van der Waals surface area contributed by atoms with Gasteiger partial charge in [0.25, 0.3) is 5.91 Å². The molecule has 6 heteroatoms. The maximum atomic E-state index is 13.4. The summed E-state index contributed by atoms with van der Waals surface area (Å²) in [7, 11) is 2.01. The molecule has 0 spiro atoms. The molecule has 0 radical (unpaired) electrons. The molecule has 0 unspecified atom stereocenters. The van der Waals surface area contributed by atoms with Crippen molar-refractivity contribution in [1.29, 1.82) is 0 Å². The predicted octanol–water partition coefficient (Wildman–Crippen LogP) is 3.83. The molecular formula is C26H30N4O2. The van der Waals surface area contributed by atoms with Gasteiger partial charge in [0, 0.05) is 57.1 Å². The van der Waals surface area contributed by atoms with E-state index >= 15 is 0 Å². The van der Waals surface area contributed by atoms with Crippen LogP contribution in [0, 0.1) is 5.92 Å². The minimum atomic E-state index is -0.122. The van der Waals surface area contributed by atoms with Gasteiger partial charge in [0.1, 0.15) is 5.82 Å². The molecule has 32 heavy (non-hydrogen) atoms. The van der Waals surface area contributed by atoms with E-state index in [1.54, 1.807) is 0 Å². The maximum Gasteiger partial charge on any atom is 0.254 e. The van der Waals surface area contributed by atoms with Crippen LogP contribution in [0.15, 0.2) is 54.9 Å². The number of benzene rings is 2. The van der Waals surface area contributed by atoms with Gasteiger partial charge in [-0.2, -0.15) is 0 Å². The molecule has 2 aliphatic heterocycles. The van der Waals surface area contributed by atoms with Crippen molar-refractivity contribution < 1.29 is 9.59 Å². The number of carbonyl (C=O) groups is 2. The van der Waals surface area contributed by atoms with Crippen LogP contribution in [0.1, 0.15) is 47.8 Å². The zero-order valence-corrected chi connectivity index (χ0v) is 18.6. The summed E-state index contributed by atoms with van der Waals surface area (Å²) in [5.41, 5.74) is 0.726. The smallest absolute Gasteiger partial charge is 0.254 e. The molecule has 2 saturated heterocycles. The lowest BCUT2D eigenvalue weighted by Crippen LogP contribution is -2.49. The lowest BCUT2D eigenvalue weighted by molar-refractivity contribution is -0.138. The number of nitrogens with zero attached hydrogens (tertiary/aromatic N) is 4. The summed E-state index contributed by atoms with van der Waals surface area (Å²) in [6.07, 6.45) is 7.56. The molecule has 0 N–H and O–H groups in total. The Labute approximate surface area is 188 Å². The average molecular weight is 431 g/mol. The first-order valence-electron chi connectivity index (χ1n) is 11.6. The molecule has 2 aromatic carbocycles. The summed E-state index contributed by atoms with van der Waals surface area (Å²) in [4.78, 5) is 35.2. The highest BCUT2D eigenvalue weighted by Gasteiger charge is 2.34. The summed E-state index contributed by atoms with van der Waals surface area (Å²) < 4.78 is 2.06. The van der Waals surface area contributed by atoms with E-state index in [1.165, 1.54) is 0 Å². The van der Waals surface area contributed by atoms with Crippen molar-refractivity contribution in [2.24, 2.45) is 13.0 Å². The number of amides is 2. The van der Waals surface area contributed by atoms with Gasteiger partial charge in [-0.1, -0.05) is 36.4 Å². The fraction of sp³-hybridized carbons (Fsp3) is 0.423. The fourth-order valence-electron chi connectivity index (χ4n) is 5.36. The molecule has 0 saturated carbocycles. The largest absolute Gasteiger partial charge is 0.342 e. The van der Waals surface area contributed by atoms with E-state index in [-0.39, 0.29) is 23.7 Å². The average Bonchev–Trinajstić information content (AvgIpc) is 3.28. The number of fused-ring (bicyclic) bond motifs is 1. The SMILES string of the molecule is Cn1ccnc1[C@H]1CCCN(C(=O)[C@H]2CCCN(C(=O)c3cccc4ccccc34)C2)C1. The van der Waals surface area contributed by atoms with Crippen LogP contribution in [0.3, 0.4) is 0 Å². The van der Waals surface area contributed by atoms with Crippen LogP contribution >= 0.6 is 0 Å². The molecule has 3 heterocycles. The van der Waals surface area contributed by atoms with Crippen LogP contribution in [0.25, 0.3) is 10.8 Å². The van der Waals surface area contributed by atoms with Crippen molar-refractivity contribution in [1.82, 2.24) is 19.4 Å². The molecule has 1 aromatic heterocycles. The van der Waals surface area contributed by atoms with Crippen molar-refractivity contribution in [2.45, 2.75) is 31.6 Å². The Morgan fingerprint density at radius 1 is 0.938 bits per heavy atom. The molecule has 3 aromatic rings. The summed E-state index contributed by atoms with van der Waals surface area (Å²) in [5, 5.41) is 2.04. The van der Waals surface area contributed by atoms with E-state index in [0.29, 0.717) is 13.1 Å². The molecule has 2 fully saturated rings. The van der Waals surface area contributed by atoms with Crippen molar-refractivity contribution in [3.05, 3.63) is 66.2 Å². The van der Waals surface area contributed by atoms with Crippen LogP contribution < -0.4 is 0 Å². The normalized spacial score (nSPS) is 21.7. The molecular weight excluding hydrogens is 400 g/mol. The first-order chi connectivity index (χ1) is 15.6. The van der Waals surface area contributed by atoms with Gasteiger partial charge in [0.2, 0.25) is 5.91 Å². The number of carbonyl (C=O) groups excluding carboxylic acids is 2. The summed E-state index contributed by atoms with van der Waals surface area (Å²) >= 11 is 0. The molecule has 2 aliphatic rings. The van der Waals surface area contributed by atoms with E-state index in [4.69, 9.17) is 0 Å². The Morgan fingerprint density at radius 2 is 1.72 bits per heavy atom. The highest BCUT2D eigenvalue weighted by molar-refractivity contribution is 6.07. The van der Waals surface area contributed by atoms with Gasteiger partial charge in [-0.25, -0.2) is 4.98 Å². The topological polar surface area (TPSA) is 58.4 Å². The van der Waals surface area contributed by atoms with Crippen molar-refractivity contribution >= 4 is 22.6 Å². The summed E-state index contributed by atoms with van der Waals surface area (Å²) in [6.45, 7) is 2.73. The lowest BCUT2D eigenvalue weighted by atomic mass is 9.92. The molecule has 0 bridgehead atoms. The number of hydrogen-bond donors (Lipinski definition) is 0. The van der Waals surface area contributed by atoms with Crippen LogP contribution in [0.2, 0.25) is 0 Å². The third kappa shape index (κ3) is 3.90. The van der Waals surface area contributed by atoms with Gasteiger partial charge in [-0.05, 0) is 42.5 Å². The Hall–Kier alpha value is -3.15. The summed E-state index contributed by atoms with van der Waals surface area (Å²) in [5.74, 6) is 1.44. The zero-order valence-electron chi connectivity index (χ0n) is 18.6. The Bertz CT molecular complexity index is 1130. The number of aromatic nitrogens is 2. The summed E-state index contributed by atoms with van der Waals surface area (Å²) in [6, 6.07) is 13.9. The van der Waals surface area contributed by atoms with E-state index in [2.05, 4.69) is 9.55 Å². The molecule has 2 amide bonds. The zero-order chi connectivity index (χ0) is 22.1. The van der Waals surface area contributed by atoms with Crippen LogP contribution in [0.5, 0.6) is 0 Å². The van der Waals surface area contributed by atoms with Gasteiger partial charge in [0.15, 0.2) is 0 Å². The second-order valence-electron chi connectivity index (χ2n) is 9.14. The fourth-order valence-corrected chi connectivity index (χ4v) is 5.36. The molecule has 0 aliphatic carbocycles. The first kappa shape index (κ1) is 20.7. The van der Waals surface area contributed by atoms with Gasteiger partial charge in [-0.3, -0.25) is 9.59 Å². The van der Waals surface area contributed by atoms with E-state index in [9.17, 15) is 9.59 Å². The highest BCUT2D eigenvalue weighted by atomic mass is 16.2. The van der Waals surface area contributed by atoms with Crippen LogP contribution in [-0.2, 0) is 11.8 Å². The Morgan fingerprint density at radius 3 is 2.56 bits per heavy atom. The van der Waals surface area contributed by atoms with E-state index in [1.807, 2.05) is 71.7 Å². The van der Waals surface area contributed by atoms with Crippen molar-refractivity contribution in [3.8, 4) is 0 Å². The monoisotopic (exact) mass is 430 g/mol. The number of hydrogen-bond acceptors (Lipinski definition) is 3. The maximum absolute atomic E-state index is 13.4. The second kappa shape index (κ2) is 8.77. The predicted molar refractivity (Wildman–Crippen MR) is 124 cm³/mol. The number of aryl methyl sites for hydroxylation is 1. The van der Waals surface area contributed by atoms with Crippen LogP contribution in [0.4, 0.5) is 0 Å². The third-order valence-electron chi connectivity index (χ3n) is 7.03. The number of rotatable bonds is 3. The molecule has 5 rings (SSSR count). The quantitative estimate of drug-likeness (QED) is 0.635. The Balaban J connectivity index is 1.30.